The molecule has 0 radical (unpaired) electrons. The Morgan fingerprint density at radius 1 is 0.319 bits per heavy atom. The fraction of sp³-hybridized carbons (Fsp3) is 1.00. The second-order valence-corrected chi connectivity index (χ2v) is 24.9. The summed E-state index contributed by atoms with van der Waals surface area (Å²) in [6, 6.07) is 0. The second-order valence-electron chi connectivity index (χ2n) is 16.4. The first kappa shape index (κ1) is 44.3. The number of rotatable bonds is 6. The molecule has 0 heterocycles. The Bertz CT molecular complexity index is 583. The van der Waals surface area contributed by atoms with Gasteiger partial charge in [0.25, 0.3) is 0 Å². The normalized spacial score (nSPS) is 25.1. The van der Waals surface area contributed by atoms with Crippen LogP contribution in [0.4, 0.5) is 0 Å². The van der Waals surface area contributed by atoms with Gasteiger partial charge in [0.2, 0.25) is 0 Å². The standard InChI is InChI=1S/2C18H34OSi.2C2H6O.Zr/c2*19-20(16-10-4-1-5-11-16,17-12-6-2-7-13-17)18-14-8-3-9-15-18;2*1-2-3;/h2*16-19H,1-15H2;2*3H,2H2,1H3;. The van der Waals surface area contributed by atoms with Crippen molar-refractivity contribution < 1.29 is 46.0 Å². The quantitative estimate of drug-likeness (QED) is 0.203. The number of hydrogen-bond donors (Lipinski definition) is 4. The molecule has 4 N–H and O–H groups in total. The van der Waals surface area contributed by atoms with Crippen molar-refractivity contribution in [3.8, 4) is 0 Å². The summed E-state index contributed by atoms with van der Waals surface area (Å²) in [6.07, 6.45) is 41.8. The first-order valence-corrected chi connectivity index (χ1v) is 25.5. The predicted molar refractivity (Wildman–Crippen MR) is 202 cm³/mol. The van der Waals surface area contributed by atoms with Gasteiger partial charge in [-0.3, -0.25) is 0 Å². The molecule has 0 spiro atoms. The van der Waals surface area contributed by atoms with Crippen molar-refractivity contribution in [3.63, 3.8) is 0 Å². The number of hydrogen-bond acceptors (Lipinski definition) is 4. The average molecular weight is 772 g/mol. The second kappa shape index (κ2) is 25.2. The Kier molecular flexibility index (Phi) is 23.7. The van der Waals surface area contributed by atoms with E-state index >= 15 is 0 Å². The van der Waals surface area contributed by atoms with Gasteiger partial charge in [0.15, 0.2) is 16.6 Å². The van der Waals surface area contributed by atoms with E-state index in [4.69, 9.17) is 10.2 Å². The molecule has 47 heavy (non-hydrogen) atoms. The summed E-state index contributed by atoms with van der Waals surface area (Å²) in [5.41, 5.74) is 4.60. The maximum atomic E-state index is 12.0. The smallest absolute Gasteiger partial charge is 0.197 e. The minimum Gasteiger partial charge on any atom is -0.431 e. The molecule has 0 amide bonds. The summed E-state index contributed by atoms with van der Waals surface area (Å²) < 4.78 is 0. The summed E-state index contributed by atoms with van der Waals surface area (Å²) in [7, 11) is -4.09. The molecule has 0 aliphatic heterocycles. The molecular weight excluding hydrogens is 692 g/mol. The molecular formula is C40H80O4Si2Zr. The largest absolute Gasteiger partial charge is 0.431 e. The molecule has 0 unspecified atom stereocenters. The molecule has 0 aromatic carbocycles. The van der Waals surface area contributed by atoms with Crippen LogP contribution in [0.1, 0.15) is 206 Å². The van der Waals surface area contributed by atoms with Crippen molar-refractivity contribution in [1.29, 1.82) is 0 Å². The van der Waals surface area contributed by atoms with E-state index in [1.54, 1.807) is 13.8 Å². The van der Waals surface area contributed by atoms with Gasteiger partial charge in [-0.05, 0) is 47.1 Å². The van der Waals surface area contributed by atoms with Crippen LogP contribution in [0.3, 0.4) is 0 Å². The Hall–Kier alpha value is 1.16. The van der Waals surface area contributed by atoms with Crippen LogP contribution >= 0.6 is 0 Å². The Morgan fingerprint density at radius 3 is 0.532 bits per heavy atom. The fourth-order valence-corrected chi connectivity index (χ4v) is 23.4. The molecule has 7 heteroatoms. The molecule has 6 fully saturated rings. The molecule has 6 saturated carbocycles. The maximum absolute atomic E-state index is 12.0. The Labute approximate surface area is 313 Å². The van der Waals surface area contributed by atoms with E-state index < -0.39 is 16.6 Å². The molecule has 4 nitrogen and oxygen atoms in total. The molecule has 6 aliphatic rings. The van der Waals surface area contributed by atoms with Gasteiger partial charge in [-0.1, -0.05) is 193 Å². The van der Waals surface area contributed by atoms with Crippen LogP contribution in [0.5, 0.6) is 0 Å². The zero-order chi connectivity index (χ0) is 33.1. The molecule has 6 aliphatic carbocycles. The van der Waals surface area contributed by atoms with Gasteiger partial charge in [-0.2, -0.15) is 0 Å². The van der Waals surface area contributed by atoms with Crippen LogP contribution in [-0.4, -0.2) is 49.7 Å². The van der Waals surface area contributed by atoms with Crippen molar-refractivity contribution in [2.45, 2.75) is 240 Å². The first-order valence-electron chi connectivity index (χ1n) is 21.1. The summed E-state index contributed by atoms with van der Waals surface area (Å²) in [5, 5.41) is 15.1. The van der Waals surface area contributed by atoms with Gasteiger partial charge < -0.3 is 19.8 Å². The van der Waals surface area contributed by atoms with Crippen molar-refractivity contribution in [3.05, 3.63) is 0 Å². The minimum absolute atomic E-state index is 0. The molecule has 0 atom stereocenters. The minimum atomic E-state index is -2.05. The predicted octanol–water partition coefficient (Wildman–Crippen LogP) is 11.8. The van der Waals surface area contributed by atoms with Crippen molar-refractivity contribution in [2.75, 3.05) is 13.2 Å². The third-order valence-electron chi connectivity index (χ3n) is 13.6. The van der Waals surface area contributed by atoms with Gasteiger partial charge in [-0.25, -0.2) is 0 Å². The molecule has 0 bridgehead atoms. The average Bonchev–Trinajstić information content (AvgIpc) is 3.14. The molecule has 0 aromatic rings. The van der Waals surface area contributed by atoms with Crippen LogP contribution in [0.15, 0.2) is 0 Å². The fourth-order valence-electron chi connectivity index (χ4n) is 11.4. The van der Waals surface area contributed by atoms with E-state index in [-0.39, 0.29) is 39.4 Å². The summed E-state index contributed by atoms with van der Waals surface area (Å²) in [6.45, 7) is 3.86. The van der Waals surface area contributed by atoms with E-state index in [9.17, 15) is 9.59 Å². The Balaban J connectivity index is 0.000000275. The van der Waals surface area contributed by atoms with Crippen LogP contribution in [0.2, 0.25) is 33.2 Å². The van der Waals surface area contributed by atoms with Crippen molar-refractivity contribution in [1.82, 2.24) is 0 Å². The van der Waals surface area contributed by atoms with Crippen LogP contribution < -0.4 is 0 Å². The number of aliphatic hydroxyl groups is 2. The first-order chi connectivity index (χ1) is 22.5. The van der Waals surface area contributed by atoms with Crippen LogP contribution in [0.25, 0.3) is 0 Å². The van der Waals surface area contributed by atoms with E-state index in [1.165, 1.54) is 193 Å². The van der Waals surface area contributed by atoms with Gasteiger partial charge in [0.05, 0.1) is 0 Å². The van der Waals surface area contributed by atoms with Gasteiger partial charge in [0, 0.05) is 39.4 Å². The summed E-state index contributed by atoms with van der Waals surface area (Å²) in [5.74, 6) is 0. The molecule has 0 aromatic heterocycles. The van der Waals surface area contributed by atoms with E-state index in [2.05, 4.69) is 0 Å². The summed E-state index contributed by atoms with van der Waals surface area (Å²) in [4.78, 5) is 24.0. The third-order valence-corrected chi connectivity index (χ3v) is 24.9. The van der Waals surface area contributed by atoms with E-state index in [0.29, 0.717) is 0 Å². The van der Waals surface area contributed by atoms with Gasteiger partial charge in [-0.15, -0.1) is 0 Å². The van der Waals surface area contributed by atoms with Crippen molar-refractivity contribution in [2.24, 2.45) is 0 Å². The monoisotopic (exact) mass is 770 g/mol. The van der Waals surface area contributed by atoms with Crippen LogP contribution in [0, 0.1) is 0 Å². The maximum Gasteiger partial charge on any atom is 0.197 e. The molecule has 6 rings (SSSR count). The third kappa shape index (κ3) is 13.3. The van der Waals surface area contributed by atoms with Crippen molar-refractivity contribution >= 4 is 16.6 Å². The molecule has 0 saturated heterocycles. The SMILES string of the molecule is CCO.CCO.O[Si](C1CCCCC1)(C1CCCCC1)C1CCCCC1.O[Si](C1CCCCC1)(C1CCCCC1)C1CCCCC1.[Zr]. The summed E-state index contributed by atoms with van der Waals surface area (Å²) >= 11 is 0. The van der Waals surface area contributed by atoms with Crippen LogP contribution in [-0.2, 0) is 26.2 Å². The number of aliphatic hydroxyl groups excluding tert-OH is 2. The van der Waals surface area contributed by atoms with Gasteiger partial charge in [0.1, 0.15) is 0 Å². The van der Waals surface area contributed by atoms with E-state index in [1.807, 2.05) is 0 Å². The van der Waals surface area contributed by atoms with Gasteiger partial charge >= 0.3 is 0 Å². The zero-order valence-corrected chi connectivity index (χ0v) is 35.8. The molecule has 276 valence electrons. The topological polar surface area (TPSA) is 80.9 Å². The van der Waals surface area contributed by atoms with E-state index in [0.717, 1.165) is 33.2 Å². The zero-order valence-electron chi connectivity index (χ0n) is 31.4. The Morgan fingerprint density at radius 2 is 0.426 bits per heavy atom.